The standard InChI is InChI=1S/C21H25NO3/c1-14(20(23)22-16(3)19-7-5-4-6-8-19)13-17-9-11-18(12-10-17)15(2)21(24)25/h4-12,14-16H,13H2,1-3H3,(H,22,23)(H,24,25)/t14-,15-,16-/m0/s1. The van der Waals surface area contributed by atoms with E-state index < -0.39 is 11.9 Å². The van der Waals surface area contributed by atoms with Crippen LogP contribution in [0.4, 0.5) is 0 Å². The highest BCUT2D eigenvalue weighted by molar-refractivity contribution is 5.79. The van der Waals surface area contributed by atoms with Gasteiger partial charge in [0.1, 0.15) is 0 Å². The summed E-state index contributed by atoms with van der Waals surface area (Å²) in [5.41, 5.74) is 2.87. The molecular weight excluding hydrogens is 314 g/mol. The maximum absolute atomic E-state index is 12.4. The lowest BCUT2D eigenvalue weighted by atomic mass is 9.95. The van der Waals surface area contributed by atoms with Crippen LogP contribution in [0.5, 0.6) is 0 Å². The van der Waals surface area contributed by atoms with Crippen LogP contribution in [0.15, 0.2) is 54.6 Å². The lowest BCUT2D eigenvalue weighted by Crippen LogP contribution is -2.32. The summed E-state index contributed by atoms with van der Waals surface area (Å²) >= 11 is 0. The normalized spacial score (nSPS) is 14.4. The molecule has 0 saturated carbocycles. The number of hydrogen-bond donors (Lipinski definition) is 2. The fourth-order valence-corrected chi connectivity index (χ4v) is 2.71. The number of carboxylic acid groups (broad SMARTS) is 1. The second-order valence-corrected chi connectivity index (χ2v) is 6.55. The van der Waals surface area contributed by atoms with Crippen LogP contribution in [0.2, 0.25) is 0 Å². The molecule has 0 spiro atoms. The van der Waals surface area contributed by atoms with Crippen LogP contribution in [0.25, 0.3) is 0 Å². The van der Waals surface area contributed by atoms with Crippen molar-refractivity contribution in [3.8, 4) is 0 Å². The van der Waals surface area contributed by atoms with Gasteiger partial charge < -0.3 is 10.4 Å². The predicted octanol–water partition coefficient (Wildman–Crippen LogP) is 3.93. The number of rotatable bonds is 7. The molecule has 25 heavy (non-hydrogen) atoms. The first-order chi connectivity index (χ1) is 11.9. The number of nitrogens with one attached hydrogen (secondary N) is 1. The van der Waals surface area contributed by atoms with Crippen LogP contribution in [-0.2, 0) is 16.0 Å². The van der Waals surface area contributed by atoms with E-state index in [-0.39, 0.29) is 17.9 Å². The Kier molecular flexibility index (Phi) is 6.34. The van der Waals surface area contributed by atoms with Gasteiger partial charge in [0.25, 0.3) is 0 Å². The molecule has 2 aromatic carbocycles. The molecule has 4 nitrogen and oxygen atoms in total. The largest absolute Gasteiger partial charge is 0.481 e. The number of carbonyl (C=O) groups is 2. The molecule has 0 aromatic heterocycles. The summed E-state index contributed by atoms with van der Waals surface area (Å²) in [6.45, 7) is 5.54. The lowest BCUT2D eigenvalue weighted by molar-refractivity contribution is -0.138. The minimum Gasteiger partial charge on any atom is -0.481 e. The van der Waals surface area contributed by atoms with Crippen LogP contribution in [0.1, 0.15) is 49.4 Å². The predicted molar refractivity (Wildman–Crippen MR) is 98.4 cm³/mol. The molecule has 0 radical (unpaired) electrons. The van der Waals surface area contributed by atoms with Gasteiger partial charge in [-0.3, -0.25) is 9.59 Å². The topological polar surface area (TPSA) is 66.4 Å². The van der Waals surface area contributed by atoms with Gasteiger partial charge in [0, 0.05) is 5.92 Å². The van der Waals surface area contributed by atoms with Crippen molar-refractivity contribution >= 4 is 11.9 Å². The Morgan fingerprint density at radius 3 is 2.08 bits per heavy atom. The molecule has 0 unspecified atom stereocenters. The Hall–Kier alpha value is -2.62. The van der Waals surface area contributed by atoms with Crippen molar-refractivity contribution in [3.05, 3.63) is 71.3 Å². The summed E-state index contributed by atoms with van der Waals surface area (Å²) in [7, 11) is 0. The zero-order valence-corrected chi connectivity index (χ0v) is 14.9. The second-order valence-electron chi connectivity index (χ2n) is 6.55. The monoisotopic (exact) mass is 339 g/mol. The van der Waals surface area contributed by atoms with Crippen LogP contribution in [0.3, 0.4) is 0 Å². The first kappa shape index (κ1) is 18.7. The van der Waals surface area contributed by atoms with Crippen LogP contribution in [-0.4, -0.2) is 17.0 Å². The maximum atomic E-state index is 12.4. The van der Waals surface area contributed by atoms with Crippen molar-refractivity contribution in [1.82, 2.24) is 5.32 Å². The van der Waals surface area contributed by atoms with Crippen LogP contribution in [0, 0.1) is 5.92 Å². The van der Waals surface area contributed by atoms with Gasteiger partial charge in [-0.05, 0) is 37.0 Å². The van der Waals surface area contributed by atoms with Crippen LogP contribution >= 0.6 is 0 Å². The smallest absolute Gasteiger partial charge is 0.310 e. The average Bonchev–Trinajstić information content (AvgIpc) is 2.62. The molecule has 4 heteroatoms. The van der Waals surface area contributed by atoms with E-state index in [1.165, 1.54) is 0 Å². The molecule has 0 aliphatic rings. The molecular formula is C21H25NO3. The fraction of sp³-hybridized carbons (Fsp3) is 0.333. The number of amides is 1. The molecule has 0 fully saturated rings. The van der Waals surface area contributed by atoms with Gasteiger partial charge >= 0.3 is 5.97 Å². The van der Waals surface area contributed by atoms with Crippen molar-refractivity contribution in [1.29, 1.82) is 0 Å². The number of hydrogen-bond acceptors (Lipinski definition) is 2. The molecule has 0 aliphatic carbocycles. The van der Waals surface area contributed by atoms with E-state index in [4.69, 9.17) is 5.11 Å². The fourth-order valence-electron chi connectivity index (χ4n) is 2.71. The van der Waals surface area contributed by atoms with Gasteiger partial charge in [-0.25, -0.2) is 0 Å². The highest BCUT2D eigenvalue weighted by Crippen LogP contribution is 2.18. The summed E-state index contributed by atoms with van der Waals surface area (Å²) in [5.74, 6) is -1.51. The van der Waals surface area contributed by atoms with E-state index in [0.717, 1.165) is 16.7 Å². The number of carboxylic acids is 1. The Morgan fingerprint density at radius 2 is 1.52 bits per heavy atom. The highest BCUT2D eigenvalue weighted by atomic mass is 16.4. The van der Waals surface area contributed by atoms with E-state index >= 15 is 0 Å². The minimum absolute atomic E-state index is 0.0133. The zero-order chi connectivity index (χ0) is 18.4. The van der Waals surface area contributed by atoms with Gasteiger partial charge in [0.15, 0.2) is 0 Å². The molecule has 0 bridgehead atoms. The van der Waals surface area contributed by atoms with Crippen molar-refractivity contribution < 1.29 is 14.7 Å². The SMILES string of the molecule is C[C@H](NC(=O)[C@@H](C)Cc1ccc([C@H](C)C(=O)O)cc1)c1ccccc1. The van der Waals surface area contributed by atoms with E-state index in [1.807, 2.05) is 68.4 Å². The van der Waals surface area contributed by atoms with Gasteiger partial charge in [-0.1, -0.05) is 61.5 Å². The second kappa shape index (κ2) is 8.47. The number of aliphatic carboxylic acids is 1. The van der Waals surface area contributed by atoms with Crippen molar-refractivity contribution in [3.63, 3.8) is 0 Å². The quantitative estimate of drug-likeness (QED) is 0.803. The molecule has 2 N–H and O–H groups in total. The molecule has 1 amide bonds. The van der Waals surface area contributed by atoms with Crippen molar-refractivity contribution in [2.45, 2.75) is 39.2 Å². The third-order valence-corrected chi connectivity index (χ3v) is 4.50. The van der Waals surface area contributed by atoms with E-state index in [1.54, 1.807) is 6.92 Å². The average molecular weight is 339 g/mol. The first-order valence-corrected chi connectivity index (χ1v) is 8.55. The number of benzene rings is 2. The molecule has 2 rings (SSSR count). The molecule has 0 saturated heterocycles. The van der Waals surface area contributed by atoms with Crippen molar-refractivity contribution in [2.75, 3.05) is 0 Å². The Balaban J connectivity index is 1.93. The molecule has 132 valence electrons. The van der Waals surface area contributed by atoms with Gasteiger partial charge in [-0.15, -0.1) is 0 Å². The molecule has 2 aromatic rings. The summed E-state index contributed by atoms with van der Waals surface area (Å²) in [6.07, 6.45) is 0.620. The third kappa shape index (κ3) is 5.18. The summed E-state index contributed by atoms with van der Waals surface area (Å²) in [5, 5.41) is 12.1. The van der Waals surface area contributed by atoms with Crippen molar-refractivity contribution in [2.24, 2.45) is 5.92 Å². The molecule has 0 aliphatic heterocycles. The zero-order valence-electron chi connectivity index (χ0n) is 14.9. The third-order valence-electron chi connectivity index (χ3n) is 4.50. The summed E-state index contributed by atoms with van der Waals surface area (Å²) in [6, 6.07) is 17.3. The Labute approximate surface area is 148 Å². The number of carbonyl (C=O) groups excluding carboxylic acids is 1. The Morgan fingerprint density at radius 1 is 0.920 bits per heavy atom. The van der Waals surface area contributed by atoms with Gasteiger partial charge in [-0.2, -0.15) is 0 Å². The molecule has 0 heterocycles. The lowest BCUT2D eigenvalue weighted by Gasteiger charge is -2.18. The highest BCUT2D eigenvalue weighted by Gasteiger charge is 2.17. The van der Waals surface area contributed by atoms with Gasteiger partial charge in [0.2, 0.25) is 5.91 Å². The van der Waals surface area contributed by atoms with E-state index in [9.17, 15) is 9.59 Å². The summed E-state index contributed by atoms with van der Waals surface area (Å²) in [4.78, 5) is 23.4. The first-order valence-electron chi connectivity index (χ1n) is 8.55. The van der Waals surface area contributed by atoms with Crippen LogP contribution < -0.4 is 5.32 Å². The van der Waals surface area contributed by atoms with E-state index in [0.29, 0.717) is 6.42 Å². The van der Waals surface area contributed by atoms with E-state index in [2.05, 4.69) is 5.32 Å². The Bertz CT molecular complexity index is 710. The maximum Gasteiger partial charge on any atom is 0.310 e. The molecule has 3 atom stereocenters. The minimum atomic E-state index is -0.838. The summed E-state index contributed by atoms with van der Waals surface area (Å²) < 4.78 is 0. The van der Waals surface area contributed by atoms with Gasteiger partial charge in [0.05, 0.1) is 12.0 Å².